The van der Waals surface area contributed by atoms with Crippen molar-refractivity contribution in [2.75, 3.05) is 11.7 Å². The van der Waals surface area contributed by atoms with Crippen LogP contribution >= 0.6 is 11.6 Å². The molecule has 3 aliphatic rings. The Kier molecular flexibility index (Phi) is 5.46. The average Bonchev–Trinajstić information content (AvgIpc) is 3.59. The molecule has 0 bridgehead atoms. The van der Waals surface area contributed by atoms with Crippen molar-refractivity contribution in [2.24, 2.45) is 0 Å². The molecule has 3 aromatic rings. The summed E-state index contributed by atoms with van der Waals surface area (Å²) < 4.78 is 12.9. The largest absolute Gasteiger partial charge is 0.454 e. The predicted octanol–water partition coefficient (Wildman–Crippen LogP) is 5.78. The lowest BCUT2D eigenvalue weighted by Crippen LogP contribution is -2.36. The second kappa shape index (κ2) is 8.84. The third kappa shape index (κ3) is 3.65. The highest BCUT2D eigenvalue weighted by atomic mass is 35.5. The van der Waals surface area contributed by atoms with E-state index in [-0.39, 0.29) is 23.3 Å². The van der Waals surface area contributed by atoms with Crippen LogP contribution in [0.4, 0.5) is 11.4 Å². The van der Waals surface area contributed by atoms with Crippen molar-refractivity contribution in [1.82, 2.24) is 4.57 Å². The molecule has 1 aromatic heterocycles. The number of fused-ring (bicyclic) bond motifs is 1. The number of aromatic nitrogens is 1. The van der Waals surface area contributed by atoms with E-state index in [1.54, 1.807) is 21.6 Å². The summed E-state index contributed by atoms with van der Waals surface area (Å²) in [4.78, 5) is 26.1. The zero-order valence-corrected chi connectivity index (χ0v) is 20.1. The number of hydrogen-bond donors (Lipinski definition) is 0. The Balaban J connectivity index is 1.64. The Morgan fingerprint density at radius 2 is 1.86 bits per heavy atom. The number of hydrogen-bond acceptors (Lipinski definition) is 7. The van der Waals surface area contributed by atoms with Crippen LogP contribution < -0.4 is 14.4 Å². The van der Waals surface area contributed by atoms with Crippen molar-refractivity contribution < 1.29 is 19.2 Å². The minimum absolute atomic E-state index is 0.0498. The number of carbonyl (C=O) groups excluding carboxylic acids is 1. The highest BCUT2D eigenvalue weighted by Crippen LogP contribution is 2.51. The van der Waals surface area contributed by atoms with Crippen molar-refractivity contribution in [2.45, 2.75) is 25.2 Å². The first-order valence-corrected chi connectivity index (χ1v) is 12.0. The summed E-state index contributed by atoms with van der Waals surface area (Å²) in [5.74, 6) is 0.998. The summed E-state index contributed by atoms with van der Waals surface area (Å²) >= 11 is 6.61. The molecular formula is C27H19ClN4O5. The molecule has 2 aliphatic heterocycles. The summed E-state index contributed by atoms with van der Waals surface area (Å²) in [6.07, 6.45) is 5.18. The molecule has 2 aromatic carbocycles. The van der Waals surface area contributed by atoms with Crippen LogP contribution in [0.25, 0.3) is 5.82 Å². The Labute approximate surface area is 216 Å². The number of Topliss-reactive ketones (excluding diaryl/α,β-unsaturated/α-hetero) is 1. The minimum Gasteiger partial charge on any atom is -0.454 e. The van der Waals surface area contributed by atoms with Gasteiger partial charge in [-0.05, 0) is 48.7 Å². The molecule has 184 valence electrons. The van der Waals surface area contributed by atoms with Gasteiger partial charge in [-0.15, -0.1) is 0 Å². The van der Waals surface area contributed by atoms with Gasteiger partial charge < -0.3 is 14.0 Å². The second-order valence-electron chi connectivity index (χ2n) is 8.85. The van der Waals surface area contributed by atoms with Crippen LogP contribution in [-0.4, -0.2) is 22.1 Å². The first-order valence-electron chi connectivity index (χ1n) is 11.7. The number of nitriles is 1. The number of rotatable bonds is 4. The highest BCUT2D eigenvalue weighted by Gasteiger charge is 2.42. The van der Waals surface area contributed by atoms with Crippen LogP contribution in [0.15, 0.2) is 77.8 Å². The summed E-state index contributed by atoms with van der Waals surface area (Å²) in [6.45, 7) is 0.109. The van der Waals surface area contributed by atoms with Gasteiger partial charge in [0.25, 0.3) is 5.69 Å². The zero-order valence-electron chi connectivity index (χ0n) is 19.4. The van der Waals surface area contributed by atoms with Gasteiger partial charge in [-0.25, -0.2) is 0 Å². The van der Waals surface area contributed by atoms with Crippen molar-refractivity contribution in [1.29, 1.82) is 5.26 Å². The normalized spacial score (nSPS) is 18.6. The third-order valence-electron chi connectivity index (χ3n) is 6.81. The molecule has 1 aliphatic carbocycles. The molecule has 1 atom stereocenters. The smallest absolute Gasteiger partial charge is 0.271 e. The number of anilines is 1. The molecule has 0 radical (unpaired) electrons. The Morgan fingerprint density at radius 3 is 2.59 bits per heavy atom. The van der Waals surface area contributed by atoms with E-state index in [1.807, 2.05) is 36.7 Å². The first-order chi connectivity index (χ1) is 18.0. The number of non-ortho nitro benzene ring substituents is 1. The van der Waals surface area contributed by atoms with E-state index in [0.717, 1.165) is 11.3 Å². The minimum atomic E-state index is -0.632. The number of allylic oxidation sites excluding steroid dienone is 3. The molecule has 1 unspecified atom stereocenters. The Bertz CT molecular complexity index is 1570. The van der Waals surface area contributed by atoms with Gasteiger partial charge in [0.1, 0.15) is 5.82 Å². The SMILES string of the molecule is N#CC1=C(n2cccc2)N(c2ccc([N+](=O)[O-])cc2Cl)C2=C(C(=O)CCC2)C1c1ccc2c(c1)OCO2. The lowest BCUT2D eigenvalue weighted by atomic mass is 9.75. The Hall–Kier alpha value is -4.55. The molecule has 0 saturated carbocycles. The van der Waals surface area contributed by atoms with Crippen LogP contribution in [0, 0.1) is 21.4 Å². The molecule has 3 heterocycles. The van der Waals surface area contributed by atoms with Crippen molar-refractivity contribution in [3.8, 4) is 17.6 Å². The third-order valence-corrected chi connectivity index (χ3v) is 7.11. The predicted molar refractivity (Wildman–Crippen MR) is 135 cm³/mol. The number of carbonyl (C=O) groups is 1. The van der Waals surface area contributed by atoms with Crippen LogP contribution in [0.5, 0.6) is 11.5 Å². The maximum atomic E-state index is 13.5. The van der Waals surface area contributed by atoms with Gasteiger partial charge >= 0.3 is 0 Å². The monoisotopic (exact) mass is 514 g/mol. The Morgan fingerprint density at radius 1 is 1.08 bits per heavy atom. The lowest BCUT2D eigenvalue weighted by Gasteiger charge is -2.41. The van der Waals surface area contributed by atoms with Gasteiger partial charge in [0, 0.05) is 42.2 Å². The lowest BCUT2D eigenvalue weighted by molar-refractivity contribution is -0.384. The first kappa shape index (κ1) is 22.9. The summed E-state index contributed by atoms with van der Waals surface area (Å²) in [5, 5.41) is 22.0. The second-order valence-corrected chi connectivity index (χ2v) is 9.26. The van der Waals surface area contributed by atoms with E-state index in [4.69, 9.17) is 21.1 Å². The number of nitrogens with zero attached hydrogens (tertiary/aromatic N) is 4. The van der Waals surface area contributed by atoms with Crippen molar-refractivity contribution >= 4 is 34.6 Å². The van der Waals surface area contributed by atoms with Crippen molar-refractivity contribution in [3.05, 3.63) is 98.5 Å². The van der Waals surface area contributed by atoms with Gasteiger partial charge in [0.2, 0.25) is 6.79 Å². The van der Waals surface area contributed by atoms with Crippen LogP contribution in [0.2, 0.25) is 5.02 Å². The molecule has 10 heteroatoms. The van der Waals surface area contributed by atoms with Gasteiger partial charge in [-0.2, -0.15) is 5.26 Å². The molecule has 0 spiro atoms. The van der Waals surface area contributed by atoms with Crippen LogP contribution in [0.3, 0.4) is 0 Å². The summed E-state index contributed by atoms with van der Waals surface area (Å²) in [5.41, 5.74) is 2.63. The maximum absolute atomic E-state index is 13.5. The van der Waals surface area contributed by atoms with E-state index >= 15 is 0 Å². The van der Waals surface area contributed by atoms with Crippen LogP contribution in [0.1, 0.15) is 30.7 Å². The van der Waals surface area contributed by atoms with E-state index in [9.17, 15) is 20.2 Å². The molecule has 6 rings (SSSR count). The molecular weight excluding hydrogens is 496 g/mol. The van der Waals surface area contributed by atoms with E-state index in [2.05, 4.69) is 6.07 Å². The number of nitro groups is 1. The fourth-order valence-corrected chi connectivity index (χ4v) is 5.51. The molecule has 0 amide bonds. The van der Waals surface area contributed by atoms with E-state index < -0.39 is 10.8 Å². The maximum Gasteiger partial charge on any atom is 0.271 e. The summed E-state index contributed by atoms with van der Waals surface area (Å²) in [6, 6.07) is 15.7. The number of benzene rings is 2. The van der Waals surface area contributed by atoms with Gasteiger partial charge in [0.05, 0.1) is 33.2 Å². The van der Waals surface area contributed by atoms with Gasteiger partial charge in [-0.3, -0.25) is 19.8 Å². The standard InChI is InChI=1S/C27H19ClN4O5/c28-19-13-17(32(34)35)7-8-20(19)31-21-4-3-5-22(33)26(21)25(16-6-9-23-24(12-16)37-15-36-23)18(14-29)27(31)30-10-1-2-11-30/h1-2,6-13,25H,3-5,15H2. The molecule has 0 N–H and O–H groups in total. The van der Waals surface area contributed by atoms with Gasteiger partial charge in [0.15, 0.2) is 17.3 Å². The number of ketones is 1. The summed E-state index contributed by atoms with van der Waals surface area (Å²) in [7, 11) is 0. The molecule has 0 saturated heterocycles. The highest BCUT2D eigenvalue weighted by molar-refractivity contribution is 6.34. The molecule has 0 fully saturated rings. The number of nitro benzene ring substituents is 1. The molecule has 9 nitrogen and oxygen atoms in total. The zero-order chi connectivity index (χ0) is 25.7. The molecule has 37 heavy (non-hydrogen) atoms. The van der Waals surface area contributed by atoms with E-state index in [1.165, 1.54) is 12.1 Å². The fraction of sp³-hybridized carbons (Fsp3) is 0.185. The number of halogens is 1. The fourth-order valence-electron chi connectivity index (χ4n) is 5.25. The average molecular weight is 515 g/mol. The van der Waals surface area contributed by atoms with Crippen molar-refractivity contribution in [3.63, 3.8) is 0 Å². The quantitative estimate of drug-likeness (QED) is 0.320. The van der Waals surface area contributed by atoms with E-state index in [0.29, 0.717) is 53.4 Å². The number of ether oxygens (including phenoxy) is 2. The van der Waals surface area contributed by atoms with Gasteiger partial charge in [-0.1, -0.05) is 17.7 Å². The topological polar surface area (TPSA) is 111 Å². The van der Waals surface area contributed by atoms with Crippen LogP contribution in [-0.2, 0) is 4.79 Å².